The lowest BCUT2D eigenvalue weighted by Crippen LogP contribution is -2.26. The molecule has 0 bridgehead atoms. The van der Waals surface area contributed by atoms with E-state index in [0.717, 1.165) is 36.9 Å². The molecule has 1 amide bonds. The van der Waals surface area contributed by atoms with E-state index < -0.39 is 0 Å². The lowest BCUT2D eigenvalue weighted by molar-refractivity contribution is -0.127. The number of hydrogen-bond acceptors (Lipinski definition) is 4. The van der Waals surface area contributed by atoms with Gasteiger partial charge in [-0.2, -0.15) is 0 Å². The minimum Gasteiger partial charge on any atom is -0.341 e. The first-order valence-electron chi connectivity index (χ1n) is 7.29. The quantitative estimate of drug-likeness (QED) is 0.859. The van der Waals surface area contributed by atoms with Gasteiger partial charge in [-0.05, 0) is 19.4 Å². The topological polar surface area (TPSA) is 63.9 Å². The number of imidazole rings is 1. The molecule has 21 heavy (non-hydrogen) atoms. The van der Waals surface area contributed by atoms with Crippen LogP contribution in [0.4, 0.5) is 0 Å². The molecule has 0 spiro atoms. The number of amides is 1. The maximum atomic E-state index is 12.0. The molecule has 2 aromatic rings. The Morgan fingerprint density at radius 1 is 1.33 bits per heavy atom. The Balaban J connectivity index is 1.88. The average molecular weight is 285 g/mol. The van der Waals surface area contributed by atoms with E-state index in [1.807, 2.05) is 24.1 Å². The minimum absolute atomic E-state index is 0.136. The normalized spacial score (nSPS) is 18.5. The first-order chi connectivity index (χ1) is 10.2. The molecule has 1 saturated heterocycles. The molecule has 1 fully saturated rings. The maximum absolute atomic E-state index is 12.0. The summed E-state index contributed by atoms with van der Waals surface area (Å²) in [6.07, 6.45) is 6.95. The van der Waals surface area contributed by atoms with Gasteiger partial charge in [0.2, 0.25) is 5.91 Å². The molecule has 3 heterocycles. The Hall–Kier alpha value is -2.24. The van der Waals surface area contributed by atoms with Gasteiger partial charge in [0.25, 0.3) is 0 Å². The van der Waals surface area contributed by atoms with Gasteiger partial charge in [0.05, 0.1) is 6.04 Å². The Labute approximate surface area is 123 Å². The zero-order valence-electron chi connectivity index (χ0n) is 12.4. The predicted octanol–water partition coefficient (Wildman–Crippen LogP) is 1.83. The van der Waals surface area contributed by atoms with Crippen molar-refractivity contribution in [3.8, 4) is 11.5 Å². The number of rotatable bonds is 4. The van der Waals surface area contributed by atoms with Crippen molar-refractivity contribution in [2.45, 2.75) is 32.7 Å². The standard InChI is InChI=1S/C15H19N5O/c1-3-7-19-10-12(9-14(19)21)20-8-6-17-15(20)13-4-5-16-11(2)18-13/h4-6,8,12H,3,7,9-10H2,1-2H3. The SMILES string of the molecule is CCCN1CC(n2ccnc2-c2ccnc(C)n2)CC1=O. The summed E-state index contributed by atoms with van der Waals surface area (Å²) in [5, 5.41) is 0. The van der Waals surface area contributed by atoms with Gasteiger partial charge in [0, 0.05) is 38.1 Å². The highest BCUT2D eigenvalue weighted by Gasteiger charge is 2.31. The largest absolute Gasteiger partial charge is 0.341 e. The van der Waals surface area contributed by atoms with Crippen molar-refractivity contribution in [1.29, 1.82) is 0 Å². The fraction of sp³-hybridized carbons (Fsp3) is 0.467. The number of likely N-dealkylation sites (tertiary alicyclic amines) is 1. The monoisotopic (exact) mass is 285 g/mol. The number of carbonyl (C=O) groups excluding carboxylic acids is 1. The van der Waals surface area contributed by atoms with E-state index in [-0.39, 0.29) is 11.9 Å². The van der Waals surface area contributed by atoms with Crippen LogP contribution in [0, 0.1) is 6.92 Å². The van der Waals surface area contributed by atoms with Crippen LogP contribution in [0.15, 0.2) is 24.7 Å². The van der Waals surface area contributed by atoms with Crippen molar-refractivity contribution < 1.29 is 4.79 Å². The molecule has 0 saturated carbocycles. The van der Waals surface area contributed by atoms with Crippen LogP contribution in [0.25, 0.3) is 11.5 Å². The van der Waals surface area contributed by atoms with Gasteiger partial charge in [0.15, 0.2) is 5.82 Å². The summed E-state index contributed by atoms with van der Waals surface area (Å²) in [4.78, 5) is 26.9. The van der Waals surface area contributed by atoms with Crippen molar-refractivity contribution in [2.24, 2.45) is 0 Å². The lowest BCUT2D eigenvalue weighted by Gasteiger charge is -2.17. The molecule has 1 atom stereocenters. The van der Waals surface area contributed by atoms with Crippen LogP contribution in [0.5, 0.6) is 0 Å². The van der Waals surface area contributed by atoms with E-state index in [1.54, 1.807) is 12.4 Å². The zero-order valence-corrected chi connectivity index (χ0v) is 12.4. The van der Waals surface area contributed by atoms with Crippen LogP contribution in [0.2, 0.25) is 0 Å². The van der Waals surface area contributed by atoms with Crippen LogP contribution in [-0.2, 0) is 4.79 Å². The third kappa shape index (κ3) is 2.66. The first-order valence-corrected chi connectivity index (χ1v) is 7.29. The summed E-state index contributed by atoms with van der Waals surface area (Å²) in [5.74, 6) is 1.74. The molecule has 110 valence electrons. The lowest BCUT2D eigenvalue weighted by atomic mass is 10.2. The maximum Gasteiger partial charge on any atom is 0.224 e. The summed E-state index contributed by atoms with van der Waals surface area (Å²) < 4.78 is 2.06. The highest BCUT2D eigenvalue weighted by molar-refractivity contribution is 5.79. The number of nitrogens with zero attached hydrogens (tertiary/aromatic N) is 5. The third-order valence-corrected chi connectivity index (χ3v) is 3.75. The van der Waals surface area contributed by atoms with Gasteiger partial charge < -0.3 is 9.47 Å². The Bertz CT molecular complexity index is 651. The molecular weight excluding hydrogens is 266 g/mol. The summed E-state index contributed by atoms with van der Waals surface area (Å²) in [6.45, 7) is 5.53. The van der Waals surface area contributed by atoms with E-state index in [4.69, 9.17) is 0 Å². The molecule has 3 rings (SSSR count). The first kappa shape index (κ1) is 13.7. The van der Waals surface area contributed by atoms with E-state index in [0.29, 0.717) is 6.42 Å². The van der Waals surface area contributed by atoms with Crippen LogP contribution in [0.3, 0.4) is 0 Å². The third-order valence-electron chi connectivity index (χ3n) is 3.75. The van der Waals surface area contributed by atoms with Crippen molar-refractivity contribution in [1.82, 2.24) is 24.4 Å². The summed E-state index contributed by atoms with van der Waals surface area (Å²) in [6, 6.07) is 1.99. The highest BCUT2D eigenvalue weighted by Crippen LogP contribution is 2.27. The van der Waals surface area contributed by atoms with Crippen LogP contribution >= 0.6 is 0 Å². The van der Waals surface area contributed by atoms with Gasteiger partial charge in [0.1, 0.15) is 11.5 Å². The van der Waals surface area contributed by atoms with Crippen LogP contribution in [0.1, 0.15) is 31.6 Å². The fourth-order valence-electron chi connectivity index (χ4n) is 2.81. The molecule has 0 radical (unpaired) electrons. The van der Waals surface area contributed by atoms with Gasteiger partial charge in [-0.15, -0.1) is 0 Å². The van der Waals surface area contributed by atoms with Crippen molar-refractivity contribution >= 4 is 5.91 Å². The van der Waals surface area contributed by atoms with E-state index in [9.17, 15) is 4.79 Å². The highest BCUT2D eigenvalue weighted by atomic mass is 16.2. The zero-order chi connectivity index (χ0) is 14.8. The van der Waals surface area contributed by atoms with Crippen LogP contribution < -0.4 is 0 Å². The minimum atomic E-state index is 0.136. The Morgan fingerprint density at radius 2 is 2.19 bits per heavy atom. The number of carbonyl (C=O) groups is 1. The molecule has 0 N–H and O–H groups in total. The molecular formula is C15H19N5O. The smallest absolute Gasteiger partial charge is 0.224 e. The molecule has 1 unspecified atom stereocenters. The number of aryl methyl sites for hydroxylation is 1. The molecule has 0 aliphatic carbocycles. The van der Waals surface area contributed by atoms with Gasteiger partial charge in [-0.3, -0.25) is 4.79 Å². The van der Waals surface area contributed by atoms with E-state index >= 15 is 0 Å². The van der Waals surface area contributed by atoms with Crippen LogP contribution in [-0.4, -0.2) is 43.4 Å². The molecule has 6 nitrogen and oxygen atoms in total. The second-order valence-corrected chi connectivity index (χ2v) is 5.34. The predicted molar refractivity (Wildman–Crippen MR) is 78.5 cm³/mol. The van der Waals surface area contributed by atoms with E-state index in [2.05, 4.69) is 26.4 Å². The Kier molecular flexibility index (Phi) is 3.68. The summed E-state index contributed by atoms with van der Waals surface area (Å²) >= 11 is 0. The summed E-state index contributed by atoms with van der Waals surface area (Å²) in [5.41, 5.74) is 0.800. The molecule has 0 aromatic carbocycles. The van der Waals surface area contributed by atoms with Gasteiger partial charge >= 0.3 is 0 Å². The number of aromatic nitrogens is 4. The van der Waals surface area contributed by atoms with Crippen molar-refractivity contribution in [3.05, 3.63) is 30.5 Å². The second-order valence-electron chi connectivity index (χ2n) is 5.34. The number of hydrogen-bond donors (Lipinski definition) is 0. The van der Waals surface area contributed by atoms with E-state index in [1.165, 1.54) is 0 Å². The average Bonchev–Trinajstić information content (AvgIpc) is 3.07. The van der Waals surface area contributed by atoms with Crippen molar-refractivity contribution in [3.63, 3.8) is 0 Å². The van der Waals surface area contributed by atoms with Gasteiger partial charge in [-0.1, -0.05) is 6.92 Å². The molecule has 2 aromatic heterocycles. The summed E-state index contributed by atoms with van der Waals surface area (Å²) in [7, 11) is 0. The second kappa shape index (κ2) is 5.63. The van der Waals surface area contributed by atoms with Gasteiger partial charge in [-0.25, -0.2) is 15.0 Å². The fourth-order valence-corrected chi connectivity index (χ4v) is 2.81. The van der Waals surface area contributed by atoms with Crippen molar-refractivity contribution in [2.75, 3.05) is 13.1 Å². The molecule has 1 aliphatic heterocycles. The molecule has 1 aliphatic rings. The Morgan fingerprint density at radius 3 is 2.95 bits per heavy atom. The molecule has 6 heteroatoms.